The van der Waals surface area contributed by atoms with Gasteiger partial charge in [-0.25, -0.2) is 0 Å². The van der Waals surface area contributed by atoms with Crippen LogP contribution in [-0.2, 0) is 12.0 Å². The Morgan fingerprint density at radius 3 is 2.40 bits per heavy atom. The summed E-state index contributed by atoms with van der Waals surface area (Å²) in [5.41, 5.74) is 7.32. The molecule has 6 heteroatoms. The van der Waals surface area contributed by atoms with Crippen LogP contribution in [0.4, 0.5) is 5.13 Å². The number of carbonyl (C=O) groups is 1. The summed E-state index contributed by atoms with van der Waals surface area (Å²) in [5.74, 6) is -0.190. The molecule has 0 fully saturated rings. The van der Waals surface area contributed by atoms with Crippen LogP contribution in [0.15, 0.2) is 24.3 Å². The average Bonchev–Trinajstić information content (AvgIpc) is 2.85. The van der Waals surface area contributed by atoms with Crippen molar-refractivity contribution in [2.75, 3.05) is 5.32 Å². The molecule has 1 aromatic heterocycles. The predicted molar refractivity (Wildman–Crippen MR) is 80.9 cm³/mol. The Morgan fingerprint density at radius 1 is 1.25 bits per heavy atom. The van der Waals surface area contributed by atoms with E-state index in [4.69, 9.17) is 5.73 Å². The number of rotatable bonds is 3. The molecule has 106 valence electrons. The molecule has 0 saturated heterocycles. The number of benzene rings is 1. The zero-order valence-corrected chi connectivity index (χ0v) is 12.6. The number of nitrogens with one attached hydrogen (secondary N) is 1. The molecule has 0 aliphatic heterocycles. The summed E-state index contributed by atoms with van der Waals surface area (Å²) in [6.45, 7) is 6.74. The third-order valence-corrected chi connectivity index (χ3v) is 3.74. The van der Waals surface area contributed by atoms with Gasteiger partial charge in [-0.15, -0.1) is 10.2 Å². The second kappa shape index (κ2) is 5.68. The summed E-state index contributed by atoms with van der Waals surface area (Å²) in [7, 11) is 0. The molecule has 0 atom stereocenters. The minimum atomic E-state index is -0.190. The fourth-order valence-electron chi connectivity index (χ4n) is 1.68. The molecule has 0 radical (unpaired) electrons. The van der Waals surface area contributed by atoms with Crippen molar-refractivity contribution in [1.82, 2.24) is 10.2 Å². The van der Waals surface area contributed by atoms with Crippen molar-refractivity contribution in [2.24, 2.45) is 5.73 Å². The molecule has 0 saturated carbocycles. The van der Waals surface area contributed by atoms with Crippen LogP contribution in [0, 0.1) is 0 Å². The van der Waals surface area contributed by atoms with Crippen molar-refractivity contribution in [3.63, 3.8) is 0 Å². The first-order valence-corrected chi connectivity index (χ1v) is 7.16. The highest BCUT2D eigenvalue weighted by Gasteiger charge is 2.15. The maximum absolute atomic E-state index is 12.1. The Kier molecular flexibility index (Phi) is 4.15. The van der Waals surface area contributed by atoms with Gasteiger partial charge in [0.2, 0.25) is 5.13 Å². The average molecular weight is 290 g/mol. The van der Waals surface area contributed by atoms with Gasteiger partial charge in [0.15, 0.2) is 0 Å². The number of aromatic nitrogens is 2. The molecule has 0 bridgehead atoms. The van der Waals surface area contributed by atoms with Crippen LogP contribution < -0.4 is 11.1 Å². The largest absolute Gasteiger partial charge is 0.324 e. The summed E-state index contributed by atoms with van der Waals surface area (Å²) in [6.07, 6.45) is 0. The quantitative estimate of drug-likeness (QED) is 0.910. The van der Waals surface area contributed by atoms with Gasteiger partial charge >= 0.3 is 0 Å². The van der Waals surface area contributed by atoms with E-state index in [0.29, 0.717) is 22.2 Å². The maximum atomic E-state index is 12.1. The standard InChI is InChI=1S/C14H18N4OS/c1-14(2,3)10-6-4-9(5-7-10)12(19)16-13-18-17-11(8-15)20-13/h4-7H,8,15H2,1-3H3,(H,16,18,19). The fourth-order valence-corrected chi connectivity index (χ4v) is 2.29. The highest BCUT2D eigenvalue weighted by molar-refractivity contribution is 7.15. The van der Waals surface area contributed by atoms with Gasteiger partial charge in [-0.2, -0.15) is 0 Å². The second-order valence-electron chi connectivity index (χ2n) is 5.49. The summed E-state index contributed by atoms with van der Waals surface area (Å²) in [5, 5.41) is 11.6. The van der Waals surface area contributed by atoms with Crippen molar-refractivity contribution in [3.05, 3.63) is 40.4 Å². The topological polar surface area (TPSA) is 80.9 Å². The van der Waals surface area contributed by atoms with E-state index < -0.39 is 0 Å². The van der Waals surface area contributed by atoms with Gasteiger partial charge in [0.25, 0.3) is 5.91 Å². The minimum absolute atomic E-state index is 0.0737. The number of hydrogen-bond acceptors (Lipinski definition) is 5. The lowest BCUT2D eigenvalue weighted by molar-refractivity contribution is 0.102. The SMILES string of the molecule is CC(C)(C)c1ccc(C(=O)Nc2nnc(CN)s2)cc1. The summed E-state index contributed by atoms with van der Waals surface area (Å²) in [6, 6.07) is 7.59. The van der Waals surface area contributed by atoms with Crippen molar-refractivity contribution < 1.29 is 4.79 Å². The highest BCUT2D eigenvalue weighted by atomic mass is 32.1. The third-order valence-electron chi connectivity index (χ3n) is 2.88. The Bertz CT molecular complexity index is 598. The van der Waals surface area contributed by atoms with Crippen LogP contribution in [-0.4, -0.2) is 16.1 Å². The van der Waals surface area contributed by atoms with Crippen molar-refractivity contribution >= 4 is 22.4 Å². The van der Waals surface area contributed by atoms with E-state index in [1.54, 1.807) is 0 Å². The Hall–Kier alpha value is -1.79. The Balaban J connectivity index is 2.09. The minimum Gasteiger partial charge on any atom is -0.324 e. The van der Waals surface area contributed by atoms with Gasteiger partial charge < -0.3 is 5.73 Å². The van der Waals surface area contributed by atoms with Gasteiger partial charge in [0, 0.05) is 12.1 Å². The van der Waals surface area contributed by atoms with Crippen LogP contribution in [0.3, 0.4) is 0 Å². The number of hydrogen-bond donors (Lipinski definition) is 2. The van der Waals surface area contributed by atoms with Gasteiger partial charge in [-0.05, 0) is 23.1 Å². The van der Waals surface area contributed by atoms with Crippen LogP contribution in [0.1, 0.15) is 41.7 Å². The maximum Gasteiger partial charge on any atom is 0.257 e. The molecule has 1 heterocycles. The molecule has 0 aliphatic carbocycles. The van der Waals surface area contributed by atoms with Gasteiger partial charge in [0.05, 0.1) is 0 Å². The van der Waals surface area contributed by atoms with Crippen molar-refractivity contribution in [2.45, 2.75) is 32.7 Å². The first-order chi connectivity index (χ1) is 9.40. The van der Waals surface area contributed by atoms with Crippen molar-refractivity contribution in [3.8, 4) is 0 Å². The number of nitrogens with zero attached hydrogens (tertiary/aromatic N) is 2. The molecule has 1 amide bonds. The van der Waals surface area contributed by atoms with E-state index in [1.165, 1.54) is 16.9 Å². The molecule has 2 aromatic rings. The van der Waals surface area contributed by atoms with E-state index >= 15 is 0 Å². The van der Waals surface area contributed by atoms with Crippen molar-refractivity contribution in [1.29, 1.82) is 0 Å². The van der Waals surface area contributed by atoms with Crippen LogP contribution in [0.5, 0.6) is 0 Å². The summed E-state index contributed by atoms with van der Waals surface area (Å²) < 4.78 is 0. The van der Waals surface area contributed by atoms with Crippen LogP contribution in [0.2, 0.25) is 0 Å². The monoisotopic (exact) mass is 290 g/mol. The molecule has 20 heavy (non-hydrogen) atoms. The molecule has 5 nitrogen and oxygen atoms in total. The lowest BCUT2D eigenvalue weighted by Gasteiger charge is -2.18. The predicted octanol–water partition coefficient (Wildman–Crippen LogP) is 2.55. The zero-order valence-electron chi connectivity index (χ0n) is 11.8. The van der Waals surface area contributed by atoms with Crippen LogP contribution >= 0.6 is 11.3 Å². The molecule has 1 aromatic carbocycles. The molecule has 3 N–H and O–H groups in total. The highest BCUT2D eigenvalue weighted by Crippen LogP contribution is 2.22. The Labute approximate surface area is 122 Å². The summed E-state index contributed by atoms with van der Waals surface area (Å²) in [4.78, 5) is 12.1. The van der Waals surface area contributed by atoms with E-state index in [2.05, 4.69) is 36.3 Å². The Morgan fingerprint density at radius 2 is 1.90 bits per heavy atom. The first kappa shape index (κ1) is 14.6. The smallest absolute Gasteiger partial charge is 0.257 e. The summed E-state index contributed by atoms with van der Waals surface area (Å²) >= 11 is 1.28. The van der Waals surface area contributed by atoms with E-state index in [-0.39, 0.29) is 11.3 Å². The number of nitrogens with two attached hydrogens (primary N) is 1. The normalized spacial score (nSPS) is 11.4. The number of anilines is 1. The molecular weight excluding hydrogens is 272 g/mol. The zero-order chi connectivity index (χ0) is 14.8. The number of carbonyl (C=O) groups excluding carboxylic acids is 1. The molecule has 0 spiro atoms. The fraction of sp³-hybridized carbons (Fsp3) is 0.357. The third kappa shape index (κ3) is 3.40. The van der Waals surface area contributed by atoms with E-state index in [1.807, 2.05) is 24.3 Å². The molecule has 2 rings (SSSR count). The van der Waals surface area contributed by atoms with Gasteiger partial charge in [-0.1, -0.05) is 44.2 Å². The van der Waals surface area contributed by atoms with E-state index in [0.717, 1.165) is 0 Å². The number of amides is 1. The van der Waals surface area contributed by atoms with Crippen LogP contribution in [0.25, 0.3) is 0 Å². The first-order valence-electron chi connectivity index (χ1n) is 6.34. The molecule has 0 unspecified atom stereocenters. The van der Waals surface area contributed by atoms with E-state index in [9.17, 15) is 4.79 Å². The second-order valence-corrected chi connectivity index (χ2v) is 6.55. The lowest BCUT2D eigenvalue weighted by Crippen LogP contribution is -2.14. The van der Waals surface area contributed by atoms with Gasteiger partial charge in [0.1, 0.15) is 5.01 Å². The molecule has 0 aliphatic rings. The lowest BCUT2D eigenvalue weighted by atomic mass is 9.87. The molecular formula is C14H18N4OS. The van der Waals surface area contributed by atoms with Gasteiger partial charge in [-0.3, -0.25) is 10.1 Å².